The maximum atomic E-state index is 13.5. The number of thiophene rings is 1. The van der Waals surface area contributed by atoms with Gasteiger partial charge in [-0.3, -0.25) is 9.59 Å². The molecule has 50 heavy (non-hydrogen) atoms. The van der Waals surface area contributed by atoms with Crippen LogP contribution in [0.2, 0.25) is 0 Å². The van der Waals surface area contributed by atoms with Gasteiger partial charge in [-0.2, -0.15) is 0 Å². The van der Waals surface area contributed by atoms with Gasteiger partial charge >= 0.3 is 0 Å². The first-order chi connectivity index (χ1) is 24.0. The van der Waals surface area contributed by atoms with Crippen molar-refractivity contribution in [1.82, 2.24) is 20.2 Å². The van der Waals surface area contributed by atoms with Crippen molar-refractivity contribution in [1.29, 1.82) is 0 Å². The highest BCUT2D eigenvalue weighted by molar-refractivity contribution is 7.14. The minimum absolute atomic E-state index is 0.0834. The zero-order chi connectivity index (χ0) is 35.4. The van der Waals surface area contributed by atoms with Crippen LogP contribution in [0.4, 0.5) is 5.69 Å². The quantitative estimate of drug-likeness (QED) is 0.157. The van der Waals surface area contributed by atoms with Gasteiger partial charge in [-0.15, -0.1) is 11.3 Å². The number of aromatic nitrogens is 2. The molecule has 4 aromatic rings. The van der Waals surface area contributed by atoms with Crippen molar-refractivity contribution in [2.24, 2.45) is 5.92 Å². The molecule has 4 heterocycles. The van der Waals surface area contributed by atoms with Gasteiger partial charge in [0.15, 0.2) is 12.1 Å². The SMILES string of the molecule is CCCCc1ccc(C2CCN(c3cnc(-c4ccc(C[C@H](NC(=O)c5ccc(C(C)(C)C)s5)C(=O)N5CC(C(O)O)C5)cc4)nc3)C2)cc1. The van der Waals surface area contributed by atoms with Crippen molar-refractivity contribution >= 4 is 28.8 Å². The second-order valence-corrected chi connectivity index (χ2v) is 15.9. The molecule has 2 aliphatic rings. The Labute approximate surface area is 299 Å². The monoisotopic (exact) mass is 695 g/mol. The minimum atomic E-state index is -1.47. The van der Waals surface area contributed by atoms with Crippen LogP contribution < -0.4 is 10.2 Å². The number of amides is 2. The van der Waals surface area contributed by atoms with Gasteiger partial charge in [0.1, 0.15) is 6.04 Å². The average molecular weight is 696 g/mol. The lowest BCUT2D eigenvalue weighted by Crippen LogP contribution is -2.59. The van der Waals surface area contributed by atoms with E-state index in [2.05, 4.69) is 62.2 Å². The van der Waals surface area contributed by atoms with Gasteiger partial charge in [0.25, 0.3) is 5.91 Å². The van der Waals surface area contributed by atoms with E-state index in [-0.39, 0.29) is 36.2 Å². The highest BCUT2D eigenvalue weighted by atomic mass is 32.1. The van der Waals surface area contributed by atoms with Crippen LogP contribution in [0, 0.1) is 5.92 Å². The van der Waals surface area contributed by atoms with Gasteiger partial charge in [0, 0.05) is 54.9 Å². The van der Waals surface area contributed by atoms with Crippen molar-refractivity contribution < 1.29 is 19.8 Å². The third kappa shape index (κ3) is 8.42. The smallest absolute Gasteiger partial charge is 0.262 e. The standard InChI is InChI=1S/C40H49N5O4S/c1-5-6-7-26-8-12-28(13-9-26)30-18-19-44(23-30)32-21-41-36(42-22-32)29-14-10-27(11-15-29)20-33(38(47)45-24-31(25-45)39(48)49)43-37(46)34-16-17-35(50-34)40(2,3)4/h8-17,21-22,30-31,33,39,48-49H,5-7,18-20,23-25H2,1-4H3,(H,43,46)/t30?,33-/m0/s1. The Morgan fingerprint density at radius 3 is 2.24 bits per heavy atom. The number of aryl methyl sites for hydroxylation is 1. The van der Waals surface area contributed by atoms with E-state index >= 15 is 0 Å². The number of nitrogens with zero attached hydrogens (tertiary/aromatic N) is 4. The third-order valence-electron chi connectivity index (χ3n) is 9.93. The van der Waals surface area contributed by atoms with E-state index in [0.29, 0.717) is 23.0 Å². The van der Waals surface area contributed by atoms with Crippen LogP contribution in [0.15, 0.2) is 73.1 Å². The summed E-state index contributed by atoms with van der Waals surface area (Å²) >= 11 is 1.43. The fraction of sp³-hybridized carbons (Fsp3) is 0.450. The first-order valence-electron chi connectivity index (χ1n) is 17.8. The van der Waals surface area contributed by atoms with Gasteiger partial charge in [-0.05, 0) is 53.5 Å². The van der Waals surface area contributed by atoms with E-state index in [0.717, 1.165) is 47.6 Å². The number of aliphatic hydroxyl groups is 2. The van der Waals surface area contributed by atoms with Crippen molar-refractivity contribution in [2.75, 3.05) is 31.1 Å². The lowest BCUT2D eigenvalue weighted by Gasteiger charge is -2.41. The minimum Gasteiger partial charge on any atom is -0.368 e. The van der Waals surface area contributed by atoms with Gasteiger partial charge in [-0.1, -0.05) is 82.6 Å². The molecule has 0 radical (unpaired) electrons. The Balaban J connectivity index is 1.09. The molecule has 0 spiro atoms. The summed E-state index contributed by atoms with van der Waals surface area (Å²) in [5.41, 5.74) is 5.49. The molecule has 1 unspecified atom stereocenters. The Kier molecular flexibility index (Phi) is 11.0. The molecule has 10 heteroatoms. The number of rotatable bonds is 12. The molecule has 0 aliphatic carbocycles. The van der Waals surface area contributed by atoms with Crippen LogP contribution >= 0.6 is 11.3 Å². The molecule has 2 aliphatic heterocycles. The van der Waals surface area contributed by atoms with Crippen LogP contribution in [-0.2, 0) is 23.1 Å². The molecule has 2 aromatic carbocycles. The summed E-state index contributed by atoms with van der Waals surface area (Å²) in [5, 5.41) is 22.0. The molecule has 0 bridgehead atoms. The Morgan fingerprint density at radius 2 is 1.62 bits per heavy atom. The summed E-state index contributed by atoms with van der Waals surface area (Å²) in [7, 11) is 0. The lowest BCUT2D eigenvalue weighted by molar-refractivity contribution is -0.157. The van der Waals surface area contributed by atoms with Crippen LogP contribution in [-0.4, -0.2) is 75.4 Å². The Bertz CT molecular complexity index is 1740. The van der Waals surface area contributed by atoms with E-state index in [9.17, 15) is 19.8 Å². The molecule has 9 nitrogen and oxygen atoms in total. The molecule has 2 atom stereocenters. The highest BCUT2D eigenvalue weighted by Gasteiger charge is 2.38. The second-order valence-electron chi connectivity index (χ2n) is 14.8. The Hall–Kier alpha value is -4.12. The van der Waals surface area contributed by atoms with Crippen LogP contribution in [0.5, 0.6) is 0 Å². The number of hydrogen-bond acceptors (Lipinski definition) is 8. The molecule has 0 saturated carbocycles. The fourth-order valence-corrected chi connectivity index (χ4v) is 7.62. The maximum Gasteiger partial charge on any atom is 0.262 e. The maximum absolute atomic E-state index is 13.5. The van der Waals surface area contributed by atoms with Crippen LogP contribution in [0.25, 0.3) is 11.4 Å². The molecule has 2 fully saturated rings. The largest absolute Gasteiger partial charge is 0.368 e. The number of carbonyl (C=O) groups is 2. The van der Waals surface area contributed by atoms with Gasteiger partial charge in [0.05, 0.1) is 23.0 Å². The van der Waals surface area contributed by atoms with E-state index in [1.54, 1.807) is 11.0 Å². The predicted octanol–water partition coefficient (Wildman–Crippen LogP) is 5.95. The van der Waals surface area contributed by atoms with E-state index in [1.807, 2.05) is 42.7 Å². The molecule has 2 saturated heterocycles. The van der Waals surface area contributed by atoms with Crippen molar-refractivity contribution in [3.05, 3.63) is 99.5 Å². The number of carbonyl (C=O) groups excluding carboxylic acids is 2. The lowest BCUT2D eigenvalue weighted by atomic mass is 9.95. The van der Waals surface area contributed by atoms with Gasteiger partial charge in [0.2, 0.25) is 5.91 Å². The molecule has 2 amide bonds. The van der Waals surface area contributed by atoms with Crippen molar-refractivity contribution in [3.8, 4) is 11.4 Å². The number of hydrogen-bond donors (Lipinski definition) is 3. The summed E-state index contributed by atoms with van der Waals surface area (Å²) in [5.74, 6) is 0.211. The molecule has 264 valence electrons. The number of anilines is 1. The van der Waals surface area contributed by atoms with E-state index < -0.39 is 12.3 Å². The molecular weight excluding hydrogens is 647 g/mol. The first-order valence-corrected chi connectivity index (χ1v) is 18.6. The molecule has 3 N–H and O–H groups in total. The number of likely N-dealkylation sites (tertiary alicyclic amines) is 1. The summed E-state index contributed by atoms with van der Waals surface area (Å²) in [4.78, 5) is 41.8. The number of aliphatic hydroxyl groups excluding tert-OH is 1. The number of nitrogens with one attached hydrogen (secondary N) is 1. The molecular formula is C40H49N5O4S. The van der Waals surface area contributed by atoms with Gasteiger partial charge < -0.3 is 25.3 Å². The number of benzene rings is 2. The first kappa shape index (κ1) is 35.7. The Morgan fingerprint density at radius 1 is 0.940 bits per heavy atom. The van der Waals surface area contributed by atoms with Crippen molar-refractivity contribution in [3.63, 3.8) is 0 Å². The molecule has 6 rings (SSSR count). The van der Waals surface area contributed by atoms with E-state index in [4.69, 9.17) is 9.97 Å². The van der Waals surface area contributed by atoms with Crippen molar-refractivity contribution in [2.45, 2.75) is 83.5 Å². The summed E-state index contributed by atoms with van der Waals surface area (Å²) in [6.45, 7) is 10.9. The highest BCUT2D eigenvalue weighted by Crippen LogP contribution is 2.32. The predicted molar refractivity (Wildman–Crippen MR) is 198 cm³/mol. The topological polar surface area (TPSA) is 119 Å². The van der Waals surface area contributed by atoms with Gasteiger partial charge in [-0.25, -0.2) is 9.97 Å². The average Bonchev–Trinajstić information content (AvgIpc) is 3.79. The van der Waals surface area contributed by atoms with Crippen LogP contribution in [0.3, 0.4) is 0 Å². The van der Waals surface area contributed by atoms with Crippen LogP contribution in [0.1, 0.15) is 84.1 Å². The zero-order valence-electron chi connectivity index (χ0n) is 29.5. The molecule has 2 aromatic heterocycles. The summed E-state index contributed by atoms with van der Waals surface area (Å²) in [6.07, 6.45) is 7.31. The third-order valence-corrected chi connectivity index (χ3v) is 11.4. The summed E-state index contributed by atoms with van der Waals surface area (Å²) in [6, 6.07) is 19.9. The number of unbranched alkanes of at least 4 members (excludes halogenated alkanes) is 1. The summed E-state index contributed by atoms with van der Waals surface area (Å²) < 4.78 is 0. The fourth-order valence-electron chi connectivity index (χ4n) is 6.66. The normalized spacial score (nSPS) is 17.2. The second kappa shape index (κ2) is 15.4. The zero-order valence-corrected chi connectivity index (χ0v) is 30.3. The van der Waals surface area contributed by atoms with E-state index in [1.165, 1.54) is 35.3 Å².